The van der Waals surface area contributed by atoms with E-state index < -0.39 is 21.7 Å². The molecule has 1 saturated heterocycles. The zero-order chi connectivity index (χ0) is 20.3. The van der Waals surface area contributed by atoms with Gasteiger partial charge in [0.25, 0.3) is 5.91 Å². The summed E-state index contributed by atoms with van der Waals surface area (Å²) in [6, 6.07) is 6.25. The fourth-order valence-corrected chi connectivity index (χ4v) is 4.42. The van der Waals surface area contributed by atoms with Crippen LogP contribution in [-0.2, 0) is 14.8 Å². The van der Waals surface area contributed by atoms with E-state index in [9.17, 15) is 22.4 Å². The molecule has 2 aromatic rings. The van der Waals surface area contributed by atoms with Crippen molar-refractivity contribution in [2.45, 2.75) is 4.90 Å². The molecule has 2 amide bonds. The summed E-state index contributed by atoms with van der Waals surface area (Å²) < 4.78 is 44.7. The second-order valence-electron chi connectivity index (χ2n) is 6.02. The number of hydrogen-bond acceptors (Lipinski definition) is 5. The Kier molecular flexibility index (Phi) is 6.01. The first-order valence-electron chi connectivity index (χ1n) is 8.34. The molecular weight excluding hydrogens is 413 g/mol. The number of furan rings is 1. The van der Waals surface area contributed by atoms with Crippen LogP contribution in [-0.4, -0.2) is 62.2 Å². The van der Waals surface area contributed by atoms with Crippen LogP contribution < -0.4 is 5.32 Å². The van der Waals surface area contributed by atoms with Crippen LogP contribution in [0.2, 0.25) is 5.02 Å². The number of nitrogens with one attached hydrogen (secondary N) is 1. The average Bonchev–Trinajstić information content (AvgIpc) is 3.23. The van der Waals surface area contributed by atoms with Crippen LogP contribution in [0.4, 0.5) is 4.39 Å². The van der Waals surface area contributed by atoms with Gasteiger partial charge >= 0.3 is 0 Å². The minimum absolute atomic E-state index is 0.0786. The molecule has 0 atom stereocenters. The van der Waals surface area contributed by atoms with Crippen LogP contribution in [0.25, 0.3) is 0 Å². The molecule has 1 fully saturated rings. The summed E-state index contributed by atoms with van der Waals surface area (Å²) in [6.45, 7) is 0.275. The third-order valence-corrected chi connectivity index (χ3v) is 6.45. The highest BCUT2D eigenvalue weighted by Crippen LogP contribution is 2.23. The molecule has 3 rings (SSSR count). The second-order valence-corrected chi connectivity index (χ2v) is 8.37. The minimum Gasteiger partial charge on any atom is -0.459 e. The number of nitrogens with zero attached hydrogens (tertiary/aromatic N) is 2. The molecule has 1 aromatic heterocycles. The molecule has 0 unspecified atom stereocenters. The molecule has 0 radical (unpaired) electrons. The van der Waals surface area contributed by atoms with Gasteiger partial charge in [0.15, 0.2) is 5.76 Å². The van der Waals surface area contributed by atoms with Gasteiger partial charge in [-0.3, -0.25) is 9.59 Å². The molecule has 0 bridgehead atoms. The molecule has 11 heteroatoms. The fraction of sp³-hybridized carbons (Fsp3) is 0.294. The molecule has 0 saturated carbocycles. The Morgan fingerprint density at radius 1 is 1.18 bits per heavy atom. The topological polar surface area (TPSA) is 99.9 Å². The van der Waals surface area contributed by atoms with Crippen molar-refractivity contribution >= 4 is 33.4 Å². The average molecular weight is 430 g/mol. The summed E-state index contributed by atoms with van der Waals surface area (Å²) in [5, 5.41) is 2.18. The van der Waals surface area contributed by atoms with Crippen LogP contribution >= 0.6 is 11.6 Å². The lowest BCUT2D eigenvalue weighted by atomic mass is 10.3. The number of piperazine rings is 1. The SMILES string of the molecule is O=C(NCC(=O)N1CCN(S(=O)(=O)c2ccc(F)c(Cl)c2)CC1)c1ccco1. The number of hydrogen-bond donors (Lipinski definition) is 1. The Morgan fingerprint density at radius 3 is 2.50 bits per heavy atom. The highest BCUT2D eigenvalue weighted by Gasteiger charge is 2.30. The molecular formula is C17H17ClFN3O5S. The van der Waals surface area contributed by atoms with Crippen LogP contribution in [0, 0.1) is 5.82 Å². The highest BCUT2D eigenvalue weighted by molar-refractivity contribution is 7.89. The normalized spacial score (nSPS) is 15.4. The predicted octanol–water partition coefficient (Wildman–Crippen LogP) is 1.33. The second kappa shape index (κ2) is 8.29. The third kappa shape index (κ3) is 4.34. The Labute approximate surface area is 165 Å². The van der Waals surface area contributed by atoms with Crippen molar-refractivity contribution in [1.82, 2.24) is 14.5 Å². The van der Waals surface area contributed by atoms with Gasteiger partial charge in [0, 0.05) is 26.2 Å². The standard InChI is InChI=1S/C17H17ClFN3O5S/c18-13-10-12(3-4-14(13)19)28(25,26)22-7-5-21(6-8-22)16(23)11-20-17(24)15-2-1-9-27-15/h1-4,9-10H,5-8,11H2,(H,20,24). The summed E-state index contributed by atoms with van der Waals surface area (Å²) in [5.74, 6) is -1.44. The van der Waals surface area contributed by atoms with Gasteiger partial charge in [-0.25, -0.2) is 12.8 Å². The number of sulfonamides is 1. The molecule has 1 N–H and O–H groups in total. The molecule has 0 aliphatic carbocycles. The Bertz CT molecular complexity index is 973. The van der Waals surface area contributed by atoms with Crippen LogP contribution in [0.3, 0.4) is 0 Å². The maximum absolute atomic E-state index is 13.3. The predicted molar refractivity (Wildman–Crippen MR) is 97.8 cm³/mol. The number of amides is 2. The maximum atomic E-state index is 13.3. The van der Waals surface area contributed by atoms with Crippen LogP contribution in [0.15, 0.2) is 45.9 Å². The first-order chi connectivity index (χ1) is 13.3. The van der Waals surface area contributed by atoms with E-state index in [1.54, 1.807) is 6.07 Å². The zero-order valence-electron chi connectivity index (χ0n) is 14.6. The number of rotatable bonds is 5. The van der Waals surface area contributed by atoms with Gasteiger partial charge in [-0.15, -0.1) is 0 Å². The van der Waals surface area contributed by atoms with Crippen molar-refractivity contribution in [3.63, 3.8) is 0 Å². The Balaban J connectivity index is 1.55. The lowest BCUT2D eigenvalue weighted by molar-refractivity contribution is -0.131. The number of halogens is 2. The number of carbonyl (C=O) groups excluding carboxylic acids is 2. The van der Waals surface area contributed by atoms with E-state index in [1.807, 2.05) is 0 Å². The monoisotopic (exact) mass is 429 g/mol. The van der Waals surface area contributed by atoms with E-state index >= 15 is 0 Å². The van der Waals surface area contributed by atoms with E-state index in [0.717, 1.165) is 18.2 Å². The quantitative estimate of drug-likeness (QED) is 0.773. The van der Waals surface area contributed by atoms with Crippen molar-refractivity contribution in [2.75, 3.05) is 32.7 Å². The van der Waals surface area contributed by atoms with Crippen molar-refractivity contribution < 1.29 is 26.8 Å². The molecule has 150 valence electrons. The van der Waals surface area contributed by atoms with E-state index in [1.165, 1.54) is 21.5 Å². The largest absolute Gasteiger partial charge is 0.459 e. The molecule has 1 aromatic carbocycles. The summed E-state index contributed by atoms with van der Waals surface area (Å²) in [4.78, 5) is 25.4. The minimum atomic E-state index is -3.84. The summed E-state index contributed by atoms with van der Waals surface area (Å²) >= 11 is 5.67. The lowest BCUT2D eigenvalue weighted by Gasteiger charge is -2.34. The van der Waals surface area contributed by atoms with Crippen molar-refractivity contribution in [2.24, 2.45) is 0 Å². The first kappa shape index (κ1) is 20.3. The van der Waals surface area contributed by atoms with Crippen molar-refractivity contribution in [1.29, 1.82) is 0 Å². The maximum Gasteiger partial charge on any atom is 0.287 e. The van der Waals surface area contributed by atoms with E-state index in [0.29, 0.717) is 0 Å². The third-order valence-electron chi connectivity index (χ3n) is 4.27. The van der Waals surface area contributed by atoms with Gasteiger partial charge in [-0.1, -0.05) is 11.6 Å². The number of benzene rings is 1. The molecule has 1 aliphatic rings. The molecule has 8 nitrogen and oxygen atoms in total. The van der Waals surface area contributed by atoms with Gasteiger partial charge < -0.3 is 14.6 Å². The molecule has 28 heavy (non-hydrogen) atoms. The van der Waals surface area contributed by atoms with Gasteiger partial charge in [-0.2, -0.15) is 4.31 Å². The van der Waals surface area contributed by atoms with E-state index in [4.69, 9.17) is 16.0 Å². The smallest absolute Gasteiger partial charge is 0.287 e. The molecule has 1 aliphatic heterocycles. The van der Waals surface area contributed by atoms with Crippen LogP contribution in [0.1, 0.15) is 10.6 Å². The zero-order valence-corrected chi connectivity index (χ0v) is 16.2. The summed E-state index contributed by atoms with van der Waals surface area (Å²) in [6.07, 6.45) is 1.35. The molecule has 0 spiro atoms. The Morgan fingerprint density at radius 2 is 1.89 bits per heavy atom. The van der Waals surface area contributed by atoms with Crippen molar-refractivity contribution in [3.8, 4) is 0 Å². The number of carbonyl (C=O) groups is 2. The van der Waals surface area contributed by atoms with Gasteiger partial charge in [0.2, 0.25) is 15.9 Å². The lowest BCUT2D eigenvalue weighted by Crippen LogP contribution is -2.52. The van der Waals surface area contributed by atoms with Gasteiger partial charge in [-0.05, 0) is 30.3 Å². The summed E-state index contributed by atoms with van der Waals surface area (Å²) in [7, 11) is -3.84. The summed E-state index contributed by atoms with van der Waals surface area (Å²) in [5.41, 5.74) is 0. The first-order valence-corrected chi connectivity index (χ1v) is 10.2. The highest BCUT2D eigenvalue weighted by atomic mass is 35.5. The van der Waals surface area contributed by atoms with E-state index in [-0.39, 0.29) is 54.3 Å². The van der Waals surface area contributed by atoms with Crippen LogP contribution in [0.5, 0.6) is 0 Å². The Hall–Kier alpha value is -2.43. The van der Waals surface area contributed by atoms with Gasteiger partial charge in [0.1, 0.15) is 5.82 Å². The van der Waals surface area contributed by atoms with E-state index in [2.05, 4.69) is 5.32 Å². The fourth-order valence-electron chi connectivity index (χ4n) is 2.73. The molecule has 2 heterocycles. The van der Waals surface area contributed by atoms with Crippen molar-refractivity contribution in [3.05, 3.63) is 53.2 Å². The van der Waals surface area contributed by atoms with Gasteiger partial charge in [0.05, 0.1) is 22.7 Å².